The molecule has 0 aliphatic rings. The smallest absolute Gasteiger partial charge is 0.417 e. The van der Waals surface area contributed by atoms with E-state index in [2.05, 4.69) is 4.98 Å². The van der Waals surface area contributed by atoms with Crippen LogP contribution < -0.4 is 9.47 Å². The van der Waals surface area contributed by atoms with Crippen LogP contribution in [0.15, 0.2) is 42.6 Å². The van der Waals surface area contributed by atoms with Crippen LogP contribution >= 0.6 is 0 Å². The fourth-order valence-electron chi connectivity index (χ4n) is 2.28. The summed E-state index contributed by atoms with van der Waals surface area (Å²) in [5.74, 6) is -0.357. The molecule has 0 radical (unpaired) electrons. The Labute approximate surface area is 154 Å². The van der Waals surface area contributed by atoms with E-state index in [1.165, 1.54) is 31.2 Å². The summed E-state index contributed by atoms with van der Waals surface area (Å²) in [5.41, 5.74) is -2.20. The van der Waals surface area contributed by atoms with E-state index in [9.17, 15) is 23.1 Å². The fraction of sp³-hybridized carbons (Fsp3) is 0.368. The van der Waals surface area contributed by atoms with Crippen LogP contribution in [0.5, 0.6) is 17.4 Å². The zero-order valence-corrected chi connectivity index (χ0v) is 14.9. The number of benzene rings is 1. The molecule has 1 aromatic carbocycles. The molecule has 0 bridgehead atoms. The highest BCUT2D eigenvalue weighted by Gasteiger charge is 2.35. The fourth-order valence-corrected chi connectivity index (χ4v) is 2.28. The zero-order valence-electron chi connectivity index (χ0n) is 14.9. The highest BCUT2D eigenvalue weighted by atomic mass is 19.4. The van der Waals surface area contributed by atoms with Gasteiger partial charge in [-0.2, -0.15) is 13.2 Å². The van der Waals surface area contributed by atoms with E-state index >= 15 is 0 Å². The van der Waals surface area contributed by atoms with Crippen molar-refractivity contribution in [3.8, 4) is 17.4 Å². The Morgan fingerprint density at radius 3 is 2.22 bits per heavy atom. The molecule has 0 saturated heterocycles. The van der Waals surface area contributed by atoms with E-state index in [1.54, 1.807) is 0 Å². The Morgan fingerprint density at radius 1 is 1.11 bits per heavy atom. The van der Waals surface area contributed by atoms with Crippen LogP contribution in [0.3, 0.4) is 0 Å². The minimum absolute atomic E-state index is 0.00925. The topological polar surface area (TPSA) is 68.7 Å². The summed E-state index contributed by atoms with van der Waals surface area (Å²) >= 11 is 0. The molecule has 8 heteroatoms. The number of halogens is 3. The van der Waals surface area contributed by atoms with Gasteiger partial charge in [-0.25, -0.2) is 9.78 Å². The molecule has 1 N–H and O–H groups in total. The lowest BCUT2D eigenvalue weighted by Gasteiger charge is -2.26. The molecule has 1 heterocycles. The van der Waals surface area contributed by atoms with Crippen molar-refractivity contribution < 1.29 is 32.5 Å². The molecule has 0 aliphatic heterocycles. The number of carboxylic acids is 1. The number of carboxylic acid groups (broad SMARTS) is 1. The Hall–Kier alpha value is -2.77. The van der Waals surface area contributed by atoms with Crippen molar-refractivity contribution in [3.05, 3.63) is 48.2 Å². The zero-order chi connectivity index (χ0) is 20.1. The number of unbranched alkanes of at least 4 members (excludes halogenated alkanes) is 1. The van der Waals surface area contributed by atoms with Crippen molar-refractivity contribution in [2.45, 2.75) is 44.9 Å². The molecule has 1 unspecified atom stereocenters. The van der Waals surface area contributed by atoms with Gasteiger partial charge in [0.25, 0.3) is 0 Å². The van der Waals surface area contributed by atoms with Gasteiger partial charge in [0.05, 0.1) is 5.56 Å². The molecule has 5 nitrogen and oxygen atoms in total. The maximum atomic E-state index is 12.5. The minimum atomic E-state index is -4.46. The van der Waals surface area contributed by atoms with Crippen molar-refractivity contribution in [2.75, 3.05) is 0 Å². The third-order valence-electron chi connectivity index (χ3n) is 3.91. The number of alkyl halides is 3. The van der Waals surface area contributed by atoms with Crippen LogP contribution in [0.1, 0.15) is 38.7 Å². The summed E-state index contributed by atoms with van der Waals surface area (Å²) in [7, 11) is 0. The third-order valence-corrected chi connectivity index (χ3v) is 3.91. The highest BCUT2D eigenvalue weighted by Crippen LogP contribution is 2.31. The van der Waals surface area contributed by atoms with Gasteiger partial charge in [0.2, 0.25) is 11.5 Å². The standard InChI is InChI=1S/C19H20F3NO4/c1-3-4-11-18(2,17(24)25)27-15-8-6-14(7-9-15)26-16-10-5-13(12-23-16)19(20,21)22/h5-10,12H,3-4,11H2,1-2H3,(H,24,25). The summed E-state index contributed by atoms with van der Waals surface area (Å²) in [6, 6.07) is 8.12. The van der Waals surface area contributed by atoms with E-state index in [0.717, 1.165) is 18.6 Å². The van der Waals surface area contributed by atoms with Crippen LogP contribution in [0, 0.1) is 0 Å². The van der Waals surface area contributed by atoms with Crippen molar-refractivity contribution in [1.82, 2.24) is 4.98 Å². The number of hydrogen-bond donors (Lipinski definition) is 1. The molecule has 2 rings (SSSR count). The Morgan fingerprint density at radius 2 is 1.74 bits per heavy atom. The summed E-state index contributed by atoms with van der Waals surface area (Å²) in [6.45, 7) is 3.48. The average molecular weight is 383 g/mol. The Bertz CT molecular complexity index is 760. The van der Waals surface area contributed by atoms with E-state index < -0.39 is 23.3 Å². The normalized spacial score (nSPS) is 13.7. The predicted molar refractivity (Wildman–Crippen MR) is 91.9 cm³/mol. The van der Waals surface area contributed by atoms with Crippen LogP contribution in [0.2, 0.25) is 0 Å². The van der Waals surface area contributed by atoms with E-state index in [-0.39, 0.29) is 5.88 Å². The van der Waals surface area contributed by atoms with Crippen LogP contribution in [-0.2, 0) is 11.0 Å². The van der Waals surface area contributed by atoms with Crippen molar-refractivity contribution in [2.24, 2.45) is 0 Å². The van der Waals surface area contributed by atoms with Gasteiger partial charge in [-0.15, -0.1) is 0 Å². The number of aliphatic carboxylic acids is 1. The summed E-state index contributed by atoms with van der Waals surface area (Å²) < 4.78 is 48.6. The molecule has 0 saturated carbocycles. The molecule has 146 valence electrons. The number of carbonyl (C=O) groups is 1. The number of hydrogen-bond acceptors (Lipinski definition) is 4. The number of aromatic nitrogens is 1. The SMILES string of the molecule is CCCCC(C)(Oc1ccc(Oc2ccc(C(F)(F)F)cn2)cc1)C(=O)O. The molecule has 2 aromatic rings. The van der Waals surface area contributed by atoms with Crippen molar-refractivity contribution >= 4 is 5.97 Å². The van der Waals surface area contributed by atoms with Crippen molar-refractivity contribution in [1.29, 1.82) is 0 Å². The number of rotatable bonds is 8. The molecule has 1 aromatic heterocycles. The lowest BCUT2D eigenvalue weighted by atomic mass is 9.99. The van der Waals surface area contributed by atoms with Gasteiger partial charge in [-0.3, -0.25) is 0 Å². The van der Waals surface area contributed by atoms with E-state index in [4.69, 9.17) is 9.47 Å². The molecular formula is C19H20F3NO4. The van der Waals surface area contributed by atoms with Gasteiger partial charge in [-0.1, -0.05) is 13.3 Å². The average Bonchev–Trinajstić information content (AvgIpc) is 2.61. The molecule has 1 atom stereocenters. The maximum Gasteiger partial charge on any atom is 0.417 e. The van der Waals surface area contributed by atoms with E-state index in [1.807, 2.05) is 6.92 Å². The lowest BCUT2D eigenvalue weighted by Crippen LogP contribution is -2.41. The third kappa shape index (κ3) is 5.60. The first-order valence-corrected chi connectivity index (χ1v) is 8.37. The molecule has 0 aliphatic carbocycles. The molecule has 0 spiro atoms. The second-order valence-corrected chi connectivity index (χ2v) is 6.20. The quantitative estimate of drug-likeness (QED) is 0.669. The molecule has 0 amide bonds. The maximum absolute atomic E-state index is 12.5. The lowest BCUT2D eigenvalue weighted by molar-refractivity contribution is -0.154. The summed E-state index contributed by atoms with van der Waals surface area (Å²) in [5, 5.41) is 9.41. The minimum Gasteiger partial charge on any atom is -0.478 e. The van der Waals surface area contributed by atoms with Crippen molar-refractivity contribution in [3.63, 3.8) is 0 Å². The van der Waals surface area contributed by atoms with Crippen LogP contribution in [0.4, 0.5) is 13.2 Å². The summed E-state index contributed by atoms with van der Waals surface area (Å²) in [4.78, 5) is 15.1. The molecular weight excluding hydrogens is 363 g/mol. The predicted octanol–water partition coefficient (Wildman–Crippen LogP) is 5.31. The Kier molecular flexibility index (Phi) is 6.30. The van der Waals surface area contributed by atoms with E-state index in [0.29, 0.717) is 30.5 Å². The first-order valence-electron chi connectivity index (χ1n) is 8.37. The number of nitrogens with zero attached hydrogens (tertiary/aromatic N) is 1. The second-order valence-electron chi connectivity index (χ2n) is 6.20. The van der Waals surface area contributed by atoms with Gasteiger partial charge in [0.15, 0.2) is 0 Å². The van der Waals surface area contributed by atoms with Gasteiger partial charge in [0.1, 0.15) is 11.5 Å². The number of ether oxygens (including phenoxy) is 2. The van der Waals surface area contributed by atoms with Crippen LogP contribution in [0.25, 0.3) is 0 Å². The Balaban J connectivity index is 2.05. The highest BCUT2D eigenvalue weighted by molar-refractivity contribution is 5.77. The first-order chi connectivity index (χ1) is 12.6. The van der Waals surface area contributed by atoms with Gasteiger partial charge in [-0.05, 0) is 50.1 Å². The van der Waals surface area contributed by atoms with Gasteiger partial charge in [0, 0.05) is 12.3 Å². The largest absolute Gasteiger partial charge is 0.478 e. The van der Waals surface area contributed by atoms with Gasteiger partial charge >= 0.3 is 12.1 Å². The first kappa shape index (κ1) is 20.5. The monoisotopic (exact) mass is 383 g/mol. The van der Waals surface area contributed by atoms with Crippen LogP contribution in [-0.4, -0.2) is 21.7 Å². The second kappa shape index (κ2) is 8.28. The summed E-state index contributed by atoms with van der Waals surface area (Å²) in [6.07, 6.45) is -1.84. The molecule has 0 fully saturated rings. The van der Waals surface area contributed by atoms with Gasteiger partial charge < -0.3 is 14.6 Å². The number of pyridine rings is 1. The molecule has 27 heavy (non-hydrogen) atoms.